The quantitative estimate of drug-likeness (QED) is 0.811. The van der Waals surface area contributed by atoms with Crippen molar-refractivity contribution in [3.63, 3.8) is 0 Å². The van der Waals surface area contributed by atoms with Gasteiger partial charge in [-0.25, -0.2) is 4.79 Å². The van der Waals surface area contributed by atoms with Crippen molar-refractivity contribution in [1.82, 2.24) is 0 Å². The van der Waals surface area contributed by atoms with Gasteiger partial charge in [0.1, 0.15) is 0 Å². The Hall–Kier alpha value is -3.53. The zero-order chi connectivity index (χ0) is 18.2. The summed E-state index contributed by atoms with van der Waals surface area (Å²) in [5.74, 6) is -0.326. The van der Waals surface area contributed by atoms with E-state index in [-0.39, 0.29) is 12.2 Å². The van der Waals surface area contributed by atoms with Gasteiger partial charge in [-0.3, -0.25) is 4.79 Å². The molecule has 0 heterocycles. The van der Waals surface area contributed by atoms with E-state index < -0.39 is 11.9 Å². The lowest BCUT2D eigenvalue weighted by atomic mass is 10.2. The van der Waals surface area contributed by atoms with Gasteiger partial charge >= 0.3 is 5.97 Å². The third-order valence-electron chi connectivity index (χ3n) is 3.26. The van der Waals surface area contributed by atoms with Crippen molar-refractivity contribution in [3.05, 3.63) is 53.6 Å². The average Bonchev–Trinajstić information content (AvgIpc) is 2.66. The predicted octanol–water partition coefficient (Wildman–Crippen LogP) is 2.37. The first-order valence-corrected chi connectivity index (χ1v) is 7.27. The van der Waals surface area contributed by atoms with Gasteiger partial charge in [-0.05, 0) is 24.3 Å². The number of methoxy groups -OCH3 is 2. The van der Waals surface area contributed by atoms with Crippen LogP contribution in [0.25, 0.3) is 0 Å². The summed E-state index contributed by atoms with van der Waals surface area (Å²) in [5.41, 5.74) is 0.990. The standard InChI is InChI=1S/C18H16N2O5/c1-23-16-9-12(10-19)7-8-15(16)25-11-17(21)20-14-6-4-3-5-13(14)18(22)24-2/h3-9H,11H2,1-2H3,(H,20,21). The van der Waals surface area contributed by atoms with E-state index in [1.165, 1.54) is 20.3 Å². The Bertz CT molecular complexity index is 826. The molecule has 0 aliphatic heterocycles. The second-order valence-corrected chi connectivity index (χ2v) is 4.85. The van der Waals surface area contributed by atoms with Gasteiger partial charge in [0.2, 0.25) is 0 Å². The number of esters is 1. The maximum absolute atomic E-state index is 12.1. The molecule has 25 heavy (non-hydrogen) atoms. The molecule has 0 saturated carbocycles. The molecule has 2 aromatic rings. The van der Waals surface area contributed by atoms with Gasteiger partial charge < -0.3 is 19.5 Å². The first-order valence-electron chi connectivity index (χ1n) is 7.27. The van der Waals surface area contributed by atoms with E-state index in [4.69, 9.17) is 14.7 Å². The van der Waals surface area contributed by atoms with Gasteiger partial charge in [0.15, 0.2) is 18.1 Å². The summed E-state index contributed by atoms with van der Waals surface area (Å²) in [6, 6.07) is 13.1. The maximum atomic E-state index is 12.1. The number of hydrogen-bond donors (Lipinski definition) is 1. The molecule has 0 aliphatic rings. The Morgan fingerprint density at radius 1 is 1.12 bits per heavy atom. The normalized spacial score (nSPS) is 9.64. The van der Waals surface area contributed by atoms with E-state index >= 15 is 0 Å². The third-order valence-corrected chi connectivity index (χ3v) is 3.26. The molecular formula is C18H16N2O5. The molecule has 128 valence electrons. The minimum Gasteiger partial charge on any atom is -0.493 e. The smallest absolute Gasteiger partial charge is 0.339 e. The summed E-state index contributed by atoms with van der Waals surface area (Å²) in [5, 5.41) is 11.5. The highest BCUT2D eigenvalue weighted by atomic mass is 16.5. The Labute approximate surface area is 144 Å². The minimum atomic E-state index is -0.550. The Morgan fingerprint density at radius 2 is 1.88 bits per heavy atom. The fourth-order valence-electron chi connectivity index (χ4n) is 2.07. The molecule has 7 nitrogen and oxygen atoms in total. The lowest BCUT2D eigenvalue weighted by Gasteiger charge is -2.12. The van der Waals surface area contributed by atoms with Crippen molar-refractivity contribution in [2.75, 3.05) is 26.1 Å². The van der Waals surface area contributed by atoms with Crippen molar-refractivity contribution in [2.45, 2.75) is 0 Å². The Morgan fingerprint density at radius 3 is 2.56 bits per heavy atom. The van der Waals surface area contributed by atoms with Crippen LogP contribution in [0.1, 0.15) is 15.9 Å². The van der Waals surface area contributed by atoms with E-state index in [1.54, 1.807) is 36.4 Å². The number of nitriles is 1. The van der Waals surface area contributed by atoms with Crippen molar-refractivity contribution < 1.29 is 23.8 Å². The number of hydrogen-bond acceptors (Lipinski definition) is 6. The van der Waals surface area contributed by atoms with Crippen LogP contribution < -0.4 is 14.8 Å². The highest BCUT2D eigenvalue weighted by Crippen LogP contribution is 2.27. The molecule has 0 aromatic heterocycles. The summed E-state index contributed by atoms with van der Waals surface area (Å²) in [6.45, 7) is -0.294. The van der Waals surface area contributed by atoms with Crippen LogP contribution in [0.15, 0.2) is 42.5 Å². The molecule has 2 aromatic carbocycles. The summed E-state index contributed by atoms with van der Waals surface area (Å²) >= 11 is 0. The molecular weight excluding hydrogens is 324 g/mol. The lowest BCUT2D eigenvalue weighted by Crippen LogP contribution is -2.22. The van der Waals surface area contributed by atoms with E-state index in [2.05, 4.69) is 10.1 Å². The first kappa shape index (κ1) is 17.8. The van der Waals surface area contributed by atoms with Crippen LogP contribution in [0.5, 0.6) is 11.5 Å². The third kappa shape index (κ3) is 4.48. The van der Waals surface area contributed by atoms with Crippen LogP contribution in [-0.4, -0.2) is 32.7 Å². The van der Waals surface area contributed by atoms with Crippen LogP contribution in [0, 0.1) is 11.3 Å². The summed E-state index contributed by atoms with van der Waals surface area (Å²) in [4.78, 5) is 23.8. The number of para-hydroxylation sites is 1. The Kier molecular flexibility index (Phi) is 5.96. The second kappa shape index (κ2) is 8.36. The molecule has 7 heteroatoms. The Balaban J connectivity index is 2.05. The van der Waals surface area contributed by atoms with E-state index in [1.807, 2.05) is 6.07 Å². The topological polar surface area (TPSA) is 97.6 Å². The zero-order valence-electron chi connectivity index (χ0n) is 13.7. The summed E-state index contributed by atoms with van der Waals surface area (Å²) in [7, 11) is 2.71. The van der Waals surface area contributed by atoms with E-state index in [0.29, 0.717) is 22.7 Å². The van der Waals surface area contributed by atoms with Crippen LogP contribution in [-0.2, 0) is 9.53 Å². The highest BCUT2D eigenvalue weighted by molar-refractivity contribution is 6.01. The fourth-order valence-corrected chi connectivity index (χ4v) is 2.07. The number of anilines is 1. The molecule has 1 amide bonds. The van der Waals surface area contributed by atoms with E-state index in [9.17, 15) is 9.59 Å². The molecule has 1 N–H and O–H groups in total. The number of ether oxygens (including phenoxy) is 3. The van der Waals surface area contributed by atoms with E-state index in [0.717, 1.165) is 0 Å². The van der Waals surface area contributed by atoms with Crippen LogP contribution in [0.2, 0.25) is 0 Å². The molecule has 0 saturated heterocycles. The number of nitrogens with zero attached hydrogens (tertiary/aromatic N) is 1. The highest BCUT2D eigenvalue weighted by Gasteiger charge is 2.14. The number of rotatable bonds is 6. The minimum absolute atomic E-state index is 0.245. The molecule has 0 aliphatic carbocycles. The molecule has 0 bridgehead atoms. The predicted molar refractivity (Wildman–Crippen MR) is 89.6 cm³/mol. The molecule has 2 rings (SSSR count). The van der Waals surface area contributed by atoms with Gasteiger partial charge in [-0.15, -0.1) is 0 Å². The molecule has 0 unspecified atom stereocenters. The van der Waals surface area contributed by atoms with Crippen molar-refractivity contribution in [2.24, 2.45) is 0 Å². The molecule has 0 spiro atoms. The summed E-state index contributed by atoms with van der Waals surface area (Å²) < 4.78 is 15.2. The average molecular weight is 340 g/mol. The SMILES string of the molecule is COC(=O)c1ccccc1NC(=O)COc1ccc(C#N)cc1OC. The number of carbonyl (C=O) groups is 2. The van der Waals surface area contributed by atoms with Gasteiger partial charge in [-0.2, -0.15) is 5.26 Å². The van der Waals surface area contributed by atoms with Gasteiger partial charge in [0.05, 0.1) is 37.1 Å². The fraction of sp³-hybridized carbons (Fsp3) is 0.167. The van der Waals surface area contributed by atoms with Crippen LogP contribution in [0.3, 0.4) is 0 Å². The maximum Gasteiger partial charge on any atom is 0.339 e. The summed E-state index contributed by atoms with van der Waals surface area (Å²) in [6.07, 6.45) is 0. The van der Waals surface area contributed by atoms with Gasteiger partial charge in [0.25, 0.3) is 5.91 Å². The lowest BCUT2D eigenvalue weighted by molar-refractivity contribution is -0.118. The largest absolute Gasteiger partial charge is 0.493 e. The molecule has 0 fully saturated rings. The zero-order valence-corrected chi connectivity index (χ0v) is 13.7. The molecule has 0 atom stereocenters. The number of amides is 1. The van der Waals surface area contributed by atoms with Crippen molar-refractivity contribution in [1.29, 1.82) is 5.26 Å². The number of benzene rings is 2. The van der Waals surface area contributed by atoms with Gasteiger partial charge in [0, 0.05) is 6.07 Å². The first-order chi connectivity index (χ1) is 12.1. The monoisotopic (exact) mass is 340 g/mol. The van der Waals surface area contributed by atoms with Crippen molar-refractivity contribution >= 4 is 17.6 Å². The van der Waals surface area contributed by atoms with Crippen LogP contribution in [0.4, 0.5) is 5.69 Å². The number of nitrogens with one attached hydrogen (secondary N) is 1. The van der Waals surface area contributed by atoms with Crippen molar-refractivity contribution in [3.8, 4) is 17.6 Å². The second-order valence-electron chi connectivity index (χ2n) is 4.85. The number of carbonyl (C=O) groups excluding carboxylic acids is 2. The van der Waals surface area contributed by atoms with Crippen LogP contribution >= 0.6 is 0 Å². The van der Waals surface area contributed by atoms with Gasteiger partial charge in [-0.1, -0.05) is 12.1 Å². The molecule has 0 radical (unpaired) electrons.